The highest BCUT2D eigenvalue weighted by molar-refractivity contribution is 7.90. The number of carbonyl (C=O) groups excluding carboxylic acids is 1. The number of sulfonamides is 1. The van der Waals surface area contributed by atoms with E-state index in [0.717, 1.165) is 18.5 Å². The minimum atomic E-state index is -4.25. The molecular formula is C29H36N4O4S. The molecule has 0 aliphatic carbocycles. The molecule has 202 valence electrons. The maximum absolute atomic E-state index is 13.2. The maximum Gasteiger partial charge on any atom is 0.281 e. The first kappa shape index (κ1) is 27.6. The topological polar surface area (TPSA) is 101 Å². The van der Waals surface area contributed by atoms with E-state index in [1.165, 1.54) is 17.7 Å². The Hall–Kier alpha value is -3.46. The standard InChI is InChI=1S/C29H36N4O4S/c1-20-16-18-33(29(20,5)6)26-23(9-8-17-30-26)27(34)32-38(35,36)25-11-7-10-24(31-25)37-19-21-12-14-22(15-13-21)28(2,3)4/h7-15,17,20H,16,18-19H2,1-6H3,(H,32,34). The van der Waals surface area contributed by atoms with Crippen LogP contribution in [0.25, 0.3) is 0 Å². The second-order valence-electron chi connectivity index (χ2n) is 11.4. The van der Waals surface area contributed by atoms with Crippen LogP contribution in [-0.4, -0.2) is 36.4 Å². The molecule has 4 rings (SSSR count). The van der Waals surface area contributed by atoms with E-state index in [1.54, 1.807) is 24.4 Å². The van der Waals surface area contributed by atoms with E-state index in [9.17, 15) is 13.2 Å². The number of anilines is 1. The van der Waals surface area contributed by atoms with E-state index in [1.807, 2.05) is 12.1 Å². The van der Waals surface area contributed by atoms with Gasteiger partial charge in [0.1, 0.15) is 12.4 Å². The number of hydrogen-bond acceptors (Lipinski definition) is 7. The van der Waals surface area contributed by atoms with Gasteiger partial charge in [0.15, 0.2) is 5.03 Å². The fourth-order valence-electron chi connectivity index (χ4n) is 4.51. The normalized spacial score (nSPS) is 17.3. The van der Waals surface area contributed by atoms with Gasteiger partial charge in [-0.15, -0.1) is 0 Å². The zero-order valence-corrected chi connectivity index (χ0v) is 23.7. The zero-order valence-electron chi connectivity index (χ0n) is 22.9. The van der Waals surface area contributed by atoms with Gasteiger partial charge < -0.3 is 9.64 Å². The summed E-state index contributed by atoms with van der Waals surface area (Å²) in [5.41, 5.74) is 2.17. The van der Waals surface area contributed by atoms with Crippen molar-refractivity contribution < 1.29 is 17.9 Å². The van der Waals surface area contributed by atoms with E-state index in [2.05, 4.69) is 73.3 Å². The summed E-state index contributed by atoms with van der Waals surface area (Å²) in [5, 5.41) is -0.299. The molecule has 1 aromatic carbocycles. The Morgan fingerprint density at radius 1 is 1.11 bits per heavy atom. The van der Waals surface area contributed by atoms with Crippen LogP contribution in [-0.2, 0) is 22.0 Å². The Balaban J connectivity index is 1.48. The summed E-state index contributed by atoms with van der Waals surface area (Å²) in [6, 6.07) is 15.7. The average molecular weight is 537 g/mol. The third-order valence-electron chi connectivity index (χ3n) is 7.38. The minimum absolute atomic E-state index is 0.0494. The molecule has 9 heteroatoms. The molecule has 1 amide bonds. The van der Waals surface area contributed by atoms with Gasteiger partial charge in [-0.3, -0.25) is 4.79 Å². The van der Waals surface area contributed by atoms with Gasteiger partial charge in [-0.05, 0) is 60.9 Å². The van der Waals surface area contributed by atoms with Gasteiger partial charge in [-0.25, -0.2) is 9.71 Å². The Labute approximate surface area is 225 Å². The summed E-state index contributed by atoms with van der Waals surface area (Å²) in [5.74, 6) is 0.259. The third-order valence-corrected chi connectivity index (χ3v) is 8.61. The number of amides is 1. The lowest BCUT2D eigenvalue weighted by atomic mass is 9.87. The predicted octanol–water partition coefficient (Wildman–Crippen LogP) is 5.10. The largest absolute Gasteiger partial charge is 0.473 e. The predicted molar refractivity (Wildman–Crippen MR) is 148 cm³/mol. The molecule has 0 radical (unpaired) electrons. The summed E-state index contributed by atoms with van der Waals surface area (Å²) in [4.78, 5) is 23.8. The first-order chi connectivity index (χ1) is 17.8. The molecule has 1 fully saturated rings. The van der Waals surface area contributed by atoms with Crippen LogP contribution in [0.1, 0.15) is 69.4 Å². The molecular weight excluding hydrogens is 500 g/mol. The van der Waals surface area contributed by atoms with E-state index in [0.29, 0.717) is 11.7 Å². The van der Waals surface area contributed by atoms with Gasteiger partial charge in [0.05, 0.1) is 5.56 Å². The average Bonchev–Trinajstić information content (AvgIpc) is 3.14. The molecule has 2 aromatic heterocycles. The molecule has 8 nitrogen and oxygen atoms in total. The fourth-order valence-corrected chi connectivity index (χ4v) is 5.44. The van der Waals surface area contributed by atoms with Crippen molar-refractivity contribution in [3.05, 3.63) is 77.5 Å². The van der Waals surface area contributed by atoms with Gasteiger partial charge in [-0.2, -0.15) is 13.4 Å². The highest BCUT2D eigenvalue weighted by Crippen LogP contribution is 2.38. The van der Waals surface area contributed by atoms with Crippen molar-refractivity contribution in [3.8, 4) is 5.88 Å². The lowest BCUT2D eigenvalue weighted by Crippen LogP contribution is -2.43. The maximum atomic E-state index is 13.2. The van der Waals surface area contributed by atoms with Crippen LogP contribution in [0.15, 0.2) is 65.8 Å². The number of nitrogens with zero attached hydrogens (tertiary/aromatic N) is 3. The van der Waals surface area contributed by atoms with Crippen LogP contribution >= 0.6 is 0 Å². The molecule has 1 unspecified atom stereocenters. The number of rotatable bonds is 7. The van der Waals surface area contributed by atoms with Gasteiger partial charge >= 0.3 is 0 Å². The number of hydrogen-bond donors (Lipinski definition) is 1. The van der Waals surface area contributed by atoms with Crippen molar-refractivity contribution in [1.82, 2.24) is 14.7 Å². The molecule has 1 aliphatic rings. The zero-order chi connectivity index (χ0) is 27.7. The van der Waals surface area contributed by atoms with Crippen molar-refractivity contribution in [3.63, 3.8) is 0 Å². The summed E-state index contributed by atoms with van der Waals surface area (Å²) in [6.45, 7) is 13.8. The monoisotopic (exact) mass is 536 g/mol. The van der Waals surface area contributed by atoms with Crippen molar-refractivity contribution in [1.29, 1.82) is 0 Å². The van der Waals surface area contributed by atoms with Crippen LogP contribution in [0.4, 0.5) is 5.82 Å². The molecule has 1 N–H and O–H groups in total. The van der Waals surface area contributed by atoms with E-state index in [4.69, 9.17) is 4.74 Å². The first-order valence-corrected chi connectivity index (χ1v) is 14.3. The molecule has 0 saturated carbocycles. The number of ether oxygens (including phenoxy) is 1. The summed E-state index contributed by atoms with van der Waals surface area (Å²) in [7, 11) is -4.25. The highest BCUT2D eigenvalue weighted by atomic mass is 32.2. The van der Waals surface area contributed by atoms with Crippen molar-refractivity contribution in [2.75, 3.05) is 11.4 Å². The van der Waals surface area contributed by atoms with Gasteiger partial charge in [0.25, 0.3) is 15.9 Å². The van der Waals surface area contributed by atoms with Crippen molar-refractivity contribution in [2.24, 2.45) is 5.92 Å². The van der Waals surface area contributed by atoms with Crippen LogP contribution in [0.5, 0.6) is 5.88 Å². The molecule has 3 aromatic rings. The minimum Gasteiger partial charge on any atom is -0.473 e. The van der Waals surface area contributed by atoms with Crippen LogP contribution in [0.2, 0.25) is 0 Å². The lowest BCUT2D eigenvalue weighted by molar-refractivity contribution is 0.0981. The van der Waals surface area contributed by atoms with Gasteiger partial charge in [-0.1, -0.05) is 58.0 Å². The number of carbonyl (C=O) groups is 1. The number of pyridine rings is 2. The number of nitrogens with one attached hydrogen (secondary N) is 1. The molecule has 1 aliphatic heterocycles. The van der Waals surface area contributed by atoms with E-state index < -0.39 is 15.9 Å². The quantitative estimate of drug-likeness (QED) is 0.448. The highest BCUT2D eigenvalue weighted by Gasteiger charge is 2.40. The Bertz CT molecular complexity index is 1410. The molecule has 0 bridgehead atoms. The Morgan fingerprint density at radius 3 is 2.45 bits per heavy atom. The smallest absolute Gasteiger partial charge is 0.281 e. The van der Waals surface area contributed by atoms with Crippen LogP contribution in [0, 0.1) is 5.92 Å². The summed E-state index contributed by atoms with van der Waals surface area (Å²) in [6.07, 6.45) is 2.57. The number of benzene rings is 1. The molecule has 38 heavy (non-hydrogen) atoms. The Morgan fingerprint density at radius 2 is 1.82 bits per heavy atom. The van der Waals surface area contributed by atoms with Gasteiger partial charge in [0.2, 0.25) is 5.88 Å². The first-order valence-electron chi connectivity index (χ1n) is 12.8. The summed E-state index contributed by atoms with van der Waals surface area (Å²) >= 11 is 0. The lowest BCUT2D eigenvalue weighted by Gasteiger charge is -2.36. The molecule has 3 heterocycles. The second-order valence-corrected chi connectivity index (χ2v) is 13.0. The SMILES string of the molecule is CC1CCN(c2ncccc2C(=O)NS(=O)(=O)c2cccc(OCc3ccc(C(C)(C)C)cc3)n2)C1(C)C. The van der Waals surface area contributed by atoms with Crippen LogP contribution in [0.3, 0.4) is 0 Å². The van der Waals surface area contributed by atoms with E-state index >= 15 is 0 Å². The van der Waals surface area contributed by atoms with Crippen molar-refractivity contribution >= 4 is 21.7 Å². The van der Waals surface area contributed by atoms with E-state index in [-0.39, 0.29) is 34.0 Å². The molecule has 0 spiro atoms. The Kier molecular flexibility index (Phi) is 7.52. The molecule has 1 atom stereocenters. The fraction of sp³-hybridized carbons (Fsp3) is 0.414. The second kappa shape index (κ2) is 10.4. The number of aromatic nitrogens is 2. The van der Waals surface area contributed by atoms with Gasteiger partial charge in [0, 0.05) is 24.3 Å². The third kappa shape index (κ3) is 5.83. The summed E-state index contributed by atoms with van der Waals surface area (Å²) < 4.78 is 34.1. The van der Waals surface area contributed by atoms with Crippen molar-refractivity contribution in [2.45, 2.75) is 70.6 Å². The molecule has 1 saturated heterocycles. The van der Waals surface area contributed by atoms with Crippen LogP contribution < -0.4 is 14.4 Å².